The quantitative estimate of drug-likeness (QED) is 0.865. The number of ether oxygens (including phenoxy) is 1. The number of allylic oxidation sites excluding steroid dienone is 1. The van der Waals surface area contributed by atoms with Crippen molar-refractivity contribution in [3.05, 3.63) is 36.5 Å². The molecule has 0 unspecified atom stereocenters. The van der Waals surface area contributed by atoms with E-state index in [-0.39, 0.29) is 0 Å². The summed E-state index contributed by atoms with van der Waals surface area (Å²) in [5, 5.41) is 1.70. The Morgan fingerprint density at radius 1 is 1.32 bits per heavy atom. The zero-order valence-corrected chi connectivity index (χ0v) is 13.8. The Labute approximate surface area is 132 Å². The molecule has 0 fully saturated rings. The van der Waals surface area contributed by atoms with Crippen molar-refractivity contribution in [1.82, 2.24) is 5.43 Å². The average Bonchev–Trinajstić information content (AvgIpc) is 2.46. The molecule has 1 amide bonds. The highest BCUT2D eigenvalue weighted by Gasteiger charge is 2.19. The molecule has 0 radical (unpaired) electrons. The molecule has 120 valence electrons. The average molecular weight is 303 g/mol. The van der Waals surface area contributed by atoms with Crippen LogP contribution in [0.25, 0.3) is 0 Å². The third kappa shape index (κ3) is 4.41. The van der Waals surface area contributed by atoms with Crippen molar-refractivity contribution in [3.63, 3.8) is 0 Å². The second-order valence-electron chi connectivity index (χ2n) is 6.38. The molecule has 0 aromatic heterocycles. The summed E-state index contributed by atoms with van der Waals surface area (Å²) in [6.07, 6.45) is 6.06. The van der Waals surface area contributed by atoms with Crippen molar-refractivity contribution in [2.75, 3.05) is 23.5 Å². The maximum Gasteiger partial charge on any atom is 0.426 e. The van der Waals surface area contributed by atoms with E-state index in [0.29, 0.717) is 0 Å². The van der Waals surface area contributed by atoms with Gasteiger partial charge in [0.1, 0.15) is 5.60 Å². The van der Waals surface area contributed by atoms with Crippen LogP contribution in [-0.4, -0.2) is 25.3 Å². The molecule has 22 heavy (non-hydrogen) atoms. The van der Waals surface area contributed by atoms with Gasteiger partial charge in [-0.3, -0.25) is 5.01 Å². The normalized spacial score (nSPS) is 14.6. The Kier molecular flexibility index (Phi) is 4.96. The lowest BCUT2D eigenvalue weighted by molar-refractivity contribution is 0.0524. The van der Waals surface area contributed by atoms with Gasteiger partial charge in [0, 0.05) is 19.8 Å². The minimum absolute atomic E-state index is 0.459. The van der Waals surface area contributed by atoms with E-state index in [1.54, 1.807) is 5.01 Å². The number of hydrazine groups is 1. The Morgan fingerprint density at radius 3 is 2.68 bits per heavy atom. The number of carbonyl (C=O) groups is 1. The molecular weight excluding hydrogens is 278 g/mol. The lowest BCUT2D eigenvalue weighted by atomic mass is 10.2. The smallest absolute Gasteiger partial charge is 0.426 e. The highest BCUT2D eigenvalue weighted by molar-refractivity contribution is 5.76. The molecular formula is C17H25N3O2. The largest absolute Gasteiger partial charge is 0.443 e. The number of anilines is 2. The van der Waals surface area contributed by atoms with E-state index in [9.17, 15) is 4.79 Å². The van der Waals surface area contributed by atoms with Crippen LogP contribution in [0.5, 0.6) is 0 Å². The number of nitrogens with one attached hydrogen (secondary N) is 1. The summed E-state index contributed by atoms with van der Waals surface area (Å²) in [5.74, 6) is 0. The highest BCUT2D eigenvalue weighted by atomic mass is 16.6. The van der Waals surface area contributed by atoms with E-state index in [1.165, 1.54) is 0 Å². The Morgan fingerprint density at radius 2 is 2.05 bits per heavy atom. The molecule has 0 atom stereocenters. The minimum Gasteiger partial charge on any atom is -0.443 e. The third-order valence-corrected chi connectivity index (χ3v) is 3.27. The Balaban J connectivity index is 2.12. The van der Waals surface area contributed by atoms with Crippen molar-refractivity contribution < 1.29 is 9.53 Å². The van der Waals surface area contributed by atoms with Crippen LogP contribution in [0.3, 0.4) is 0 Å². The molecule has 1 aromatic rings. The van der Waals surface area contributed by atoms with Gasteiger partial charge < -0.3 is 9.64 Å². The van der Waals surface area contributed by atoms with Crippen molar-refractivity contribution in [1.29, 1.82) is 0 Å². The number of amides is 1. The molecule has 1 heterocycles. The van der Waals surface area contributed by atoms with Gasteiger partial charge in [-0.15, -0.1) is 0 Å². The molecule has 2 rings (SSSR count). The van der Waals surface area contributed by atoms with Gasteiger partial charge in [-0.2, -0.15) is 0 Å². The van der Waals surface area contributed by atoms with Crippen LogP contribution < -0.4 is 15.3 Å². The van der Waals surface area contributed by atoms with E-state index in [1.807, 2.05) is 46.0 Å². The summed E-state index contributed by atoms with van der Waals surface area (Å²) in [6.45, 7) is 6.52. The third-order valence-electron chi connectivity index (χ3n) is 3.27. The summed E-state index contributed by atoms with van der Waals surface area (Å²) in [5.41, 5.74) is 4.24. The fraction of sp³-hybridized carbons (Fsp3) is 0.471. The number of hydrogen-bond acceptors (Lipinski definition) is 4. The first-order valence-corrected chi connectivity index (χ1v) is 7.62. The molecule has 5 nitrogen and oxygen atoms in total. The zero-order valence-electron chi connectivity index (χ0n) is 13.8. The molecule has 1 aliphatic heterocycles. The molecule has 1 N–H and O–H groups in total. The zero-order chi connectivity index (χ0) is 16.2. The van der Waals surface area contributed by atoms with Gasteiger partial charge in [-0.1, -0.05) is 18.2 Å². The van der Waals surface area contributed by atoms with E-state index in [2.05, 4.69) is 28.7 Å². The first-order chi connectivity index (χ1) is 10.4. The Bertz CT molecular complexity index is 549. The van der Waals surface area contributed by atoms with Crippen LogP contribution >= 0.6 is 0 Å². The lowest BCUT2D eigenvalue weighted by Gasteiger charge is -2.30. The maximum atomic E-state index is 11.9. The van der Waals surface area contributed by atoms with Gasteiger partial charge in [0.2, 0.25) is 0 Å². The number of para-hydroxylation sites is 2. The number of carbonyl (C=O) groups excluding carboxylic acids is 1. The maximum absolute atomic E-state index is 11.9. The van der Waals surface area contributed by atoms with Crippen LogP contribution in [0.15, 0.2) is 36.5 Å². The summed E-state index contributed by atoms with van der Waals surface area (Å²) >= 11 is 0. The van der Waals surface area contributed by atoms with Crippen molar-refractivity contribution in [3.8, 4) is 0 Å². The molecule has 0 spiro atoms. The molecule has 0 saturated heterocycles. The molecule has 1 aliphatic rings. The number of nitrogens with zero attached hydrogens (tertiary/aromatic N) is 2. The number of hydrogen-bond donors (Lipinski definition) is 1. The summed E-state index contributed by atoms with van der Waals surface area (Å²) in [7, 11) is 1.82. The highest BCUT2D eigenvalue weighted by Crippen LogP contribution is 2.29. The molecule has 0 aliphatic carbocycles. The Hall–Kier alpha value is -2.17. The summed E-state index contributed by atoms with van der Waals surface area (Å²) < 4.78 is 5.30. The van der Waals surface area contributed by atoms with Gasteiger partial charge in [-0.05, 0) is 45.7 Å². The fourth-order valence-corrected chi connectivity index (χ4v) is 2.35. The number of rotatable bonds is 3. The van der Waals surface area contributed by atoms with Crippen LogP contribution in [0, 0.1) is 0 Å². The van der Waals surface area contributed by atoms with Crippen LogP contribution in [-0.2, 0) is 4.74 Å². The van der Waals surface area contributed by atoms with Gasteiger partial charge in [0.15, 0.2) is 0 Å². The minimum atomic E-state index is -0.514. The van der Waals surface area contributed by atoms with Crippen molar-refractivity contribution >= 4 is 17.5 Å². The lowest BCUT2D eigenvalue weighted by Crippen LogP contribution is -2.43. The molecule has 1 aromatic carbocycles. The van der Waals surface area contributed by atoms with Crippen molar-refractivity contribution in [2.24, 2.45) is 0 Å². The first kappa shape index (κ1) is 16.2. The fourth-order valence-electron chi connectivity index (χ4n) is 2.35. The van der Waals surface area contributed by atoms with E-state index in [4.69, 9.17) is 4.74 Å². The van der Waals surface area contributed by atoms with Gasteiger partial charge in [0.25, 0.3) is 0 Å². The number of benzene rings is 1. The van der Waals surface area contributed by atoms with Crippen LogP contribution in [0.4, 0.5) is 16.2 Å². The second-order valence-corrected chi connectivity index (χ2v) is 6.38. The SMILES string of the molecule is CN(NC(=O)OC(C)(C)C)c1ccccc1N1C=CCCC1. The molecule has 0 bridgehead atoms. The van der Waals surface area contributed by atoms with E-state index in [0.717, 1.165) is 30.8 Å². The van der Waals surface area contributed by atoms with E-state index < -0.39 is 11.7 Å². The second kappa shape index (κ2) is 6.73. The van der Waals surface area contributed by atoms with Crippen LogP contribution in [0.2, 0.25) is 0 Å². The predicted octanol–water partition coefficient (Wildman–Crippen LogP) is 3.68. The molecule has 0 saturated carbocycles. The topological polar surface area (TPSA) is 44.8 Å². The standard InChI is InChI=1S/C17H25N3O2/c1-17(2,3)22-16(21)18-19(4)14-10-6-7-11-15(14)20-12-8-5-9-13-20/h6-8,10-12H,5,9,13H2,1-4H3,(H,18,21). The first-order valence-electron chi connectivity index (χ1n) is 7.62. The van der Waals surface area contributed by atoms with Crippen LogP contribution in [0.1, 0.15) is 33.6 Å². The van der Waals surface area contributed by atoms with Gasteiger partial charge in [0.05, 0.1) is 11.4 Å². The van der Waals surface area contributed by atoms with Gasteiger partial charge in [-0.25, -0.2) is 10.2 Å². The predicted molar refractivity (Wildman–Crippen MR) is 89.9 cm³/mol. The monoisotopic (exact) mass is 303 g/mol. The summed E-state index contributed by atoms with van der Waals surface area (Å²) in [6, 6.07) is 8.00. The van der Waals surface area contributed by atoms with Crippen molar-refractivity contribution in [2.45, 2.75) is 39.2 Å². The van der Waals surface area contributed by atoms with Gasteiger partial charge >= 0.3 is 6.09 Å². The molecule has 5 heteroatoms. The summed E-state index contributed by atoms with van der Waals surface area (Å²) in [4.78, 5) is 14.1. The van der Waals surface area contributed by atoms with E-state index >= 15 is 0 Å².